The molecule has 0 aliphatic heterocycles. The Labute approximate surface area is 104 Å². The van der Waals surface area contributed by atoms with E-state index in [2.05, 4.69) is 4.74 Å². The number of aliphatic carboxylic acids is 1. The topological polar surface area (TPSA) is 89.7 Å². The number of halogens is 3. The van der Waals surface area contributed by atoms with Crippen molar-refractivity contribution in [1.82, 2.24) is 0 Å². The SMILES string of the molecule is O=C(O)Cc1cc(OC(F)F)cc(Cl)c1[N+](=O)[O-]. The van der Waals surface area contributed by atoms with Crippen LogP contribution >= 0.6 is 11.6 Å². The first-order valence-electron chi connectivity index (χ1n) is 4.44. The van der Waals surface area contributed by atoms with Crippen LogP contribution in [0.4, 0.5) is 14.5 Å². The van der Waals surface area contributed by atoms with Crippen LogP contribution < -0.4 is 4.74 Å². The third-order valence-electron chi connectivity index (χ3n) is 1.87. The summed E-state index contributed by atoms with van der Waals surface area (Å²) in [6.07, 6.45) is -0.726. The maximum Gasteiger partial charge on any atom is 0.387 e. The molecule has 0 unspecified atom stereocenters. The lowest BCUT2D eigenvalue weighted by Crippen LogP contribution is -2.07. The van der Waals surface area contributed by atoms with Crippen molar-refractivity contribution in [3.05, 3.63) is 32.8 Å². The number of alkyl halides is 2. The van der Waals surface area contributed by atoms with Crippen molar-refractivity contribution >= 4 is 23.3 Å². The lowest BCUT2D eigenvalue weighted by atomic mass is 10.1. The Kier molecular flexibility index (Phi) is 4.38. The minimum atomic E-state index is -3.14. The minimum absolute atomic E-state index is 0.310. The smallest absolute Gasteiger partial charge is 0.387 e. The molecule has 0 fully saturated rings. The molecule has 9 heteroatoms. The summed E-state index contributed by atoms with van der Waals surface area (Å²) in [5, 5.41) is 18.8. The molecule has 0 amide bonds. The summed E-state index contributed by atoms with van der Waals surface area (Å²) in [6.45, 7) is -3.14. The normalized spacial score (nSPS) is 10.4. The predicted octanol–water partition coefficient (Wildman–Crippen LogP) is 2.48. The van der Waals surface area contributed by atoms with Crippen molar-refractivity contribution in [2.45, 2.75) is 13.0 Å². The number of hydrogen-bond acceptors (Lipinski definition) is 4. The number of carboxylic acids is 1. The minimum Gasteiger partial charge on any atom is -0.481 e. The van der Waals surface area contributed by atoms with Crippen LogP contribution in [0, 0.1) is 10.1 Å². The molecule has 18 heavy (non-hydrogen) atoms. The average molecular weight is 282 g/mol. The molecule has 1 aromatic carbocycles. The Balaban J connectivity index is 3.27. The number of nitrogens with zero attached hydrogens (tertiary/aromatic N) is 1. The molecule has 0 radical (unpaired) electrons. The Morgan fingerprint density at radius 1 is 1.56 bits per heavy atom. The number of carboxylic acid groups (broad SMARTS) is 1. The molecule has 0 atom stereocenters. The zero-order chi connectivity index (χ0) is 13.9. The summed E-state index contributed by atoms with van der Waals surface area (Å²) in [6, 6.07) is 1.68. The highest BCUT2D eigenvalue weighted by molar-refractivity contribution is 6.33. The van der Waals surface area contributed by atoms with Gasteiger partial charge >= 0.3 is 12.6 Å². The van der Waals surface area contributed by atoms with Gasteiger partial charge < -0.3 is 9.84 Å². The van der Waals surface area contributed by atoms with Gasteiger partial charge in [-0.2, -0.15) is 8.78 Å². The van der Waals surface area contributed by atoms with Crippen molar-refractivity contribution in [2.75, 3.05) is 0 Å². The lowest BCUT2D eigenvalue weighted by Gasteiger charge is -2.08. The van der Waals surface area contributed by atoms with Gasteiger partial charge in [0.15, 0.2) is 0 Å². The van der Waals surface area contributed by atoms with Gasteiger partial charge in [0, 0.05) is 11.6 Å². The van der Waals surface area contributed by atoms with E-state index in [0.29, 0.717) is 0 Å². The zero-order valence-corrected chi connectivity index (χ0v) is 9.36. The van der Waals surface area contributed by atoms with Crippen LogP contribution in [-0.4, -0.2) is 22.6 Å². The largest absolute Gasteiger partial charge is 0.481 e. The van der Waals surface area contributed by atoms with Gasteiger partial charge in [-0.1, -0.05) is 11.6 Å². The van der Waals surface area contributed by atoms with Crippen LogP contribution in [0.1, 0.15) is 5.56 Å². The average Bonchev–Trinajstić information content (AvgIpc) is 2.12. The standard InChI is InChI=1S/C9H6ClF2NO5/c10-6-3-5(18-9(11)12)1-4(2-7(14)15)8(6)13(16)17/h1,3,9H,2H2,(H,14,15). The molecule has 0 saturated carbocycles. The van der Waals surface area contributed by atoms with E-state index < -0.39 is 40.4 Å². The fourth-order valence-corrected chi connectivity index (χ4v) is 1.60. The Hall–Kier alpha value is -1.96. The van der Waals surface area contributed by atoms with Crippen molar-refractivity contribution in [3.8, 4) is 5.75 Å². The second kappa shape index (κ2) is 5.58. The molecule has 6 nitrogen and oxygen atoms in total. The lowest BCUT2D eigenvalue weighted by molar-refractivity contribution is -0.385. The maximum atomic E-state index is 12.0. The molecule has 0 bridgehead atoms. The van der Waals surface area contributed by atoms with Gasteiger partial charge in [0.2, 0.25) is 0 Å². The molecule has 1 N–H and O–H groups in total. The second-order valence-corrected chi connectivity index (χ2v) is 3.53. The van der Waals surface area contributed by atoms with Crippen LogP contribution in [0.5, 0.6) is 5.75 Å². The molecule has 1 rings (SSSR count). The number of nitro groups is 1. The number of ether oxygens (including phenoxy) is 1. The van der Waals surface area contributed by atoms with Crippen LogP contribution in [0.25, 0.3) is 0 Å². The van der Waals surface area contributed by atoms with Crippen molar-refractivity contribution < 1.29 is 28.3 Å². The summed E-state index contributed by atoms with van der Waals surface area (Å²) in [5.41, 5.74) is -0.948. The van der Waals surface area contributed by atoms with Crippen molar-refractivity contribution in [3.63, 3.8) is 0 Å². The fourth-order valence-electron chi connectivity index (χ4n) is 1.30. The van der Waals surface area contributed by atoms with E-state index in [-0.39, 0.29) is 5.56 Å². The van der Waals surface area contributed by atoms with Gasteiger partial charge in [-0.15, -0.1) is 0 Å². The van der Waals surface area contributed by atoms with Gasteiger partial charge in [-0.25, -0.2) is 0 Å². The van der Waals surface area contributed by atoms with Gasteiger partial charge in [-0.05, 0) is 6.07 Å². The summed E-state index contributed by atoms with van der Waals surface area (Å²) in [7, 11) is 0. The van der Waals surface area contributed by atoms with Crippen LogP contribution in [0.3, 0.4) is 0 Å². The van der Waals surface area contributed by atoms with Gasteiger partial charge in [0.25, 0.3) is 5.69 Å². The predicted molar refractivity (Wildman–Crippen MR) is 56.1 cm³/mol. The van der Waals surface area contributed by atoms with Crippen LogP contribution in [0.15, 0.2) is 12.1 Å². The summed E-state index contributed by atoms with van der Waals surface area (Å²) in [5.74, 6) is -1.79. The Bertz CT molecular complexity index is 494. The second-order valence-electron chi connectivity index (χ2n) is 3.12. The monoisotopic (exact) mass is 281 g/mol. The number of benzene rings is 1. The molecule has 0 aliphatic carbocycles. The summed E-state index contributed by atoms with van der Waals surface area (Å²) in [4.78, 5) is 20.3. The molecule has 98 valence electrons. The molecule has 0 saturated heterocycles. The first-order chi connectivity index (χ1) is 8.31. The Morgan fingerprint density at radius 3 is 2.61 bits per heavy atom. The van der Waals surface area contributed by atoms with E-state index >= 15 is 0 Å². The fraction of sp³-hybridized carbons (Fsp3) is 0.222. The number of rotatable bonds is 5. The van der Waals surface area contributed by atoms with Gasteiger partial charge in [0.1, 0.15) is 10.8 Å². The van der Waals surface area contributed by atoms with Gasteiger partial charge in [-0.3, -0.25) is 14.9 Å². The van der Waals surface area contributed by atoms with E-state index in [1.807, 2.05) is 0 Å². The highest BCUT2D eigenvalue weighted by atomic mass is 35.5. The highest BCUT2D eigenvalue weighted by Gasteiger charge is 2.23. The first-order valence-corrected chi connectivity index (χ1v) is 4.82. The van der Waals surface area contributed by atoms with Crippen LogP contribution in [-0.2, 0) is 11.2 Å². The quantitative estimate of drug-likeness (QED) is 0.661. The van der Waals surface area contributed by atoms with Crippen molar-refractivity contribution in [2.24, 2.45) is 0 Å². The van der Waals surface area contributed by atoms with Crippen molar-refractivity contribution in [1.29, 1.82) is 0 Å². The molecule has 0 heterocycles. The molecular formula is C9H6ClF2NO5. The van der Waals surface area contributed by atoms with Crippen LogP contribution in [0.2, 0.25) is 5.02 Å². The summed E-state index contributed by atoms with van der Waals surface area (Å²) < 4.78 is 28.0. The molecule has 0 aromatic heterocycles. The maximum absolute atomic E-state index is 12.0. The van der Waals surface area contributed by atoms with E-state index in [1.54, 1.807) is 0 Å². The third-order valence-corrected chi connectivity index (χ3v) is 2.15. The number of hydrogen-bond donors (Lipinski definition) is 1. The molecular weight excluding hydrogens is 276 g/mol. The first kappa shape index (κ1) is 14.1. The zero-order valence-electron chi connectivity index (χ0n) is 8.60. The molecule has 0 aliphatic rings. The highest BCUT2D eigenvalue weighted by Crippen LogP contribution is 2.34. The Morgan fingerprint density at radius 2 is 2.17 bits per heavy atom. The number of nitro benzene ring substituents is 1. The third kappa shape index (κ3) is 3.52. The summed E-state index contributed by atoms with van der Waals surface area (Å²) >= 11 is 5.54. The van der Waals surface area contributed by atoms with E-state index in [0.717, 1.165) is 12.1 Å². The molecule has 0 spiro atoms. The van der Waals surface area contributed by atoms with E-state index in [4.69, 9.17) is 16.7 Å². The van der Waals surface area contributed by atoms with E-state index in [1.165, 1.54) is 0 Å². The van der Waals surface area contributed by atoms with E-state index in [9.17, 15) is 23.7 Å². The molecule has 1 aromatic rings. The number of carbonyl (C=O) groups is 1. The van der Waals surface area contributed by atoms with Gasteiger partial charge in [0.05, 0.1) is 11.3 Å².